The summed E-state index contributed by atoms with van der Waals surface area (Å²) in [6.45, 7) is 12.0. The zero-order chi connectivity index (χ0) is 11.7. The molecule has 0 aromatic carbocycles. The number of ether oxygens (including phenoxy) is 1. The smallest absolute Gasteiger partial charge is 0.0596 e. The minimum absolute atomic E-state index is 0.0673. The molecule has 1 rings (SSSR count). The molecule has 0 spiro atoms. The second-order valence-corrected chi connectivity index (χ2v) is 3.99. The summed E-state index contributed by atoms with van der Waals surface area (Å²) in [5.74, 6) is 0. The Kier molecular flexibility index (Phi) is 9.06. The highest BCUT2D eigenvalue weighted by Gasteiger charge is 2.16. The van der Waals surface area contributed by atoms with Crippen LogP contribution in [0.1, 0.15) is 40.5 Å². The third-order valence-electron chi connectivity index (χ3n) is 2.42. The van der Waals surface area contributed by atoms with E-state index in [2.05, 4.69) is 18.7 Å². The number of hydrogen-bond donors (Lipinski definition) is 1. The predicted octanol–water partition coefficient (Wildman–Crippen LogP) is 1.89. The van der Waals surface area contributed by atoms with Crippen LogP contribution in [0.15, 0.2) is 0 Å². The fraction of sp³-hybridized carbons (Fsp3) is 1.00. The Labute approximate surface area is 94.4 Å². The summed E-state index contributed by atoms with van der Waals surface area (Å²) in [7, 11) is 0. The van der Waals surface area contributed by atoms with Gasteiger partial charge in [0.25, 0.3) is 0 Å². The number of nitrogens with zero attached hydrogens (tertiary/aromatic N) is 1. The molecule has 0 atom stereocenters. The average Bonchev–Trinajstić information content (AvgIpc) is 2.23. The molecule has 0 unspecified atom stereocenters. The van der Waals surface area contributed by atoms with Crippen LogP contribution in [0, 0.1) is 0 Å². The molecule has 3 heteroatoms. The zero-order valence-corrected chi connectivity index (χ0v) is 10.7. The number of piperidine rings is 1. The van der Waals surface area contributed by atoms with E-state index in [1.54, 1.807) is 0 Å². The van der Waals surface area contributed by atoms with Crippen molar-refractivity contribution >= 4 is 0 Å². The first kappa shape index (κ1) is 14.9. The molecule has 0 saturated carbocycles. The van der Waals surface area contributed by atoms with Crippen LogP contribution in [0.5, 0.6) is 0 Å². The minimum atomic E-state index is -0.0673. The van der Waals surface area contributed by atoms with Crippen molar-refractivity contribution in [3.05, 3.63) is 0 Å². The van der Waals surface area contributed by atoms with Gasteiger partial charge in [-0.2, -0.15) is 0 Å². The first-order valence-corrected chi connectivity index (χ1v) is 6.20. The van der Waals surface area contributed by atoms with Gasteiger partial charge in [-0.25, -0.2) is 0 Å². The third-order valence-corrected chi connectivity index (χ3v) is 2.42. The van der Waals surface area contributed by atoms with Gasteiger partial charge in [-0.05, 0) is 26.7 Å². The van der Waals surface area contributed by atoms with Gasteiger partial charge in [0, 0.05) is 19.6 Å². The van der Waals surface area contributed by atoms with E-state index >= 15 is 0 Å². The lowest BCUT2D eigenvalue weighted by molar-refractivity contribution is 0.0353. The predicted molar refractivity (Wildman–Crippen MR) is 64.1 cm³/mol. The molecule has 0 radical (unpaired) electrons. The molecule has 1 aliphatic heterocycles. The highest BCUT2D eigenvalue weighted by molar-refractivity contribution is 4.70. The van der Waals surface area contributed by atoms with Gasteiger partial charge in [-0.1, -0.05) is 13.8 Å². The molecule has 0 bridgehead atoms. The van der Waals surface area contributed by atoms with Crippen molar-refractivity contribution in [1.82, 2.24) is 4.90 Å². The van der Waals surface area contributed by atoms with E-state index in [1.165, 1.54) is 0 Å². The van der Waals surface area contributed by atoms with Crippen LogP contribution in [0.25, 0.3) is 0 Å². The molecule has 3 nitrogen and oxygen atoms in total. The zero-order valence-electron chi connectivity index (χ0n) is 10.7. The van der Waals surface area contributed by atoms with Gasteiger partial charge < -0.3 is 14.7 Å². The topological polar surface area (TPSA) is 32.7 Å². The average molecular weight is 217 g/mol. The van der Waals surface area contributed by atoms with E-state index in [-0.39, 0.29) is 6.10 Å². The van der Waals surface area contributed by atoms with Gasteiger partial charge in [0.1, 0.15) is 0 Å². The Hall–Kier alpha value is -0.120. The lowest BCUT2D eigenvalue weighted by Crippen LogP contribution is -2.38. The Balaban J connectivity index is 0.000000921. The molecule has 15 heavy (non-hydrogen) atoms. The number of aliphatic hydroxyl groups excluding tert-OH is 1. The summed E-state index contributed by atoms with van der Waals surface area (Å²) in [4.78, 5) is 2.36. The summed E-state index contributed by atoms with van der Waals surface area (Å²) in [5.41, 5.74) is 0. The van der Waals surface area contributed by atoms with Gasteiger partial charge in [-0.3, -0.25) is 0 Å². The first-order chi connectivity index (χ1) is 7.18. The maximum Gasteiger partial charge on any atom is 0.0596 e. The monoisotopic (exact) mass is 217 g/mol. The molecule has 1 N–H and O–H groups in total. The fourth-order valence-electron chi connectivity index (χ4n) is 1.56. The van der Waals surface area contributed by atoms with Crippen LogP contribution < -0.4 is 0 Å². The fourth-order valence-corrected chi connectivity index (χ4v) is 1.56. The van der Waals surface area contributed by atoms with E-state index in [0.29, 0.717) is 6.10 Å². The van der Waals surface area contributed by atoms with E-state index < -0.39 is 0 Å². The van der Waals surface area contributed by atoms with Crippen molar-refractivity contribution in [3.8, 4) is 0 Å². The van der Waals surface area contributed by atoms with Crippen molar-refractivity contribution in [2.45, 2.75) is 52.7 Å². The molecule has 92 valence electrons. The summed E-state index contributed by atoms with van der Waals surface area (Å²) in [6, 6.07) is 0. The molecule has 0 aromatic heterocycles. The van der Waals surface area contributed by atoms with Gasteiger partial charge in [-0.15, -0.1) is 0 Å². The molecule has 0 aromatic rings. The highest BCUT2D eigenvalue weighted by atomic mass is 16.5. The Morgan fingerprint density at radius 2 is 1.80 bits per heavy atom. The van der Waals surface area contributed by atoms with Crippen LogP contribution in [-0.4, -0.2) is 48.5 Å². The molecular weight excluding hydrogens is 190 g/mol. The summed E-state index contributed by atoms with van der Waals surface area (Å²) >= 11 is 0. The number of rotatable bonds is 4. The van der Waals surface area contributed by atoms with Gasteiger partial charge in [0.2, 0.25) is 0 Å². The lowest BCUT2D eigenvalue weighted by Gasteiger charge is -2.29. The minimum Gasteiger partial charge on any atom is -0.393 e. The van der Waals surface area contributed by atoms with E-state index in [1.807, 2.05) is 13.8 Å². The van der Waals surface area contributed by atoms with Crippen LogP contribution in [0.4, 0.5) is 0 Å². The highest BCUT2D eigenvalue weighted by Crippen LogP contribution is 2.09. The van der Waals surface area contributed by atoms with E-state index in [4.69, 9.17) is 4.74 Å². The van der Waals surface area contributed by atoms with Crippen molar-refractivity contribution in [3.63, 3.8) is 0 Å². The number of hydrogen-bond acceptors (Lipinski definition) is 3. The standard InChI is InChI=1S/C10H21NO2.C2H6/c1-9(2)13-8-7-11-5-3-10(12)4-6-11;1-2/h9-10,12H,3-8H2,1-2H3;1-2H3. The maximum absolute atomic E-state index is 9.28. The summed E-state index contributed by atoms with van der Waals surface area (Å²) in [6.07, 6.45) is 2.10. The molecular formula is C12H27NO2. The maximum atomic E-state index is 9.28. The number of likely N-dealkylation sites (tertiary alicyclic amines) is 1. The molecule has 0 amide bonds. The van der Waals surface area contributed by atoms with Crippen LogP contribution in [-0.2, 0) is 4.74 Å². The largest absolute Gasteiger partial charge is 0.393 e. The summed E-state index contributed by atoms with van der Waals surface area (Å²) < 4.78 is 5.47. The molecule has 0 aliphatic carbocycles. The van der Waals surface area contributed by atoms with Gasteiger partial charge >= 0.3 is 0 Å². The Morgan fingerprint density at radius 3 is 2.27 bits per heavy atom. The van der Waals surface area contributed by atoms with Crippen molar-refractivity contribution < 1.29 is 9.84 Å². The van der Waals surface area contributed by atoms with E-state index in [9.17, 15) is 5.11 Å². The molecule has 1 heterocycles. The SMILES string of the molecule is CC.CC(C)OCCN1CCC(O)CC1. The van der Waals surface area contributed by atoms with Crippen LogP contribution in [0.2, 0.25) is 0 Å². The quantitative estimate of drug-likeness (QED) is 0.780. The number of aliphatic hydroxyl groups is 1. The van der Waals surface area contributed by atoms with Gasteiger partial charge in [0.15, 0.2) is 0 Å². The summed E-state index contributed by atoms with van der Waals surface area (Å²) in [5, 5.41) is 9.28. The van der Waals surface area contributed by atoms with Crippen molar-refractivity contribution in [1.29, 1.82) is 0 Å². The molecule has 1 saturated heterocycles. The first-order valence-electron chi connectivity index (χ1n) is 6.20. The normalized spacial score (nSPS) is 18.8. The van der Waals surface area contributed by atoms with Gasteiger partial charge in [0.05, 0.1) is 18.8 Å². The van der Waals surface area contributed by atoms with E-state index in [0.717, 1.165) is 39.1 Å². The second kappa shape index (κ2) is 9.13. The Morgan fingerprint density at radius 1 is 1.27 bits per heavy atom. The Bertz CT molecular complexity index is 132. The molecule has 1 fully saturated rings. The third kappa shape index (κ3) is 7.77. The van der Waals surface area contributed by atoms with Crippen molar-refractivity contribution in [2.24, 2.45) is 0 Å². The van der Waals surface area contributed by atoms with Crippen LogP contribution >= 0.6 is 0 Å². The van der Waals surface area contributed by atoms with Crippen LogP contribution in [0.3, 0.4) is 0 Å². The second-order valence-electron chi connectivity index (χ2n) is 3.99. The lowest BCUT2D eigenvalue weighted by atomic mass is 10.1. The van der Waals surface area contributed by atoms with Crippen molar-refractivity contribution in [2.75, 3.05) is 26.2 Å². The molecule has 1 aliphatic rings.